The van der Waals surface area contributed by atoms with E-state index in [0.29, 0.717) is 12.5 Å². The van der Waals surface area contributed by atoms with Gasteiger partial charge in [-0.3, -0.25) is 4.79 Å². The number of aliphatic carboxylic acids is 1. The summed E-state index contributed by atoms with van der Waals surface area (Å²) in [4.78, 5) is 24.6. The molecule has 0 radical (unpaired) electrons. The quantitative estimate of drug-likeness (QED) is 0.783. The molecule has 2 N–H and O–H groups in total. The molecule has 2 amide bonds. The van der Waals surface area contributed by atoms with Crippen LogP contribution in [0.25, 0.3) is 0 Å². The van der Waals surface area contributed by atoms with Crippen LogP contribution in [-0.4, -0.2) is 53.1 Å². The first-order valence-corrected chi connectivity index (χ1v) is 7.96. The van der Waals surface area contributed by atoms with E-state index in [0.717, 1.165) is 31.0 Å². The molecule has 0 unspecified atom stereocenters. The summed E-state index contributed by atoms with van der Waals surface area (Å²) >= 11 is 1.86. The maximum Gasteiger partial charge on any atom is 0.317 e. The fourth-order valence-corrected chi connectivity index (χ4v) is 3.17. The second kappa shape index (κ2) is 8.30. The summed E-state index contributed by atoms with van der Waals surface area (Å²) in [6.45, 7) is 6.15. The lowest BCUT2D eigenvalue weighted by atomic mass is 9.94. The third-order valence-electron chi connectivity index (χ3n) is 3.11. The summed E-state index contributed by atoms with van der Waals surface area (Å²) < 4.78 is 0. The summed E-state index contributed by atoms with van der Waals surface area (Å²) in [5, 5.41) is 11.8. The van der Waals surface area contributed by atoms with Gasteiger partial charge in [0.2, 0.25) is 0 Å². The van der Waals surface area contributed by atoms with Crippen LogP contribution in [0.3, 0.4) is 0 Å². The highest BCUT2D eigenvalue weighted by molar-refractivity contribution is 7.99. The molecular weight excluding hydrogens is 264 g/mol. The molecule has 0 aromatic carbocycles. The molecule has 1 aliphatic rings. The maximum absolute atomic E-state index is 11.9. The minimum Gasteiger partial charge on any atom is -0.481 e. The number of carboxylic acids is 1. The van der Waals surface area contributed by atoms with E-state index in [1.807, 2.05) is 16.7 Å². The molecule has 5 nitrogen and oxygen atoms in total. The summed E-state index contributed by atoms with van der Waals surface area (Å²) in [6.07, 6.45) is 0.941. The lowest BCUT2D eigenvalue weighted by Crippen LogP contribution is -2.45. The Bertz CT molecular complexity index is 304. The average Bonchev–Trinajstić information content (AvgIpc) is 2.35. The first-order valence-electron chi connectivity index (χ1n) is 6.81. The molecule has 0 aliphatic carbocycles. The molecule has 0 saturated carbocycles. The summed E-state index contributed by atoms with van der Waals surface area (Å²) in [7, 11) is 0. The van der Waals surface area contributed by atoms with E-state index in [1.165, 1.54) is 0 Å². The number of hydrogen-bond donors (Lipinski definition) is 2. The van der Waals surface area contributed by atoms with Gasteiger partial charge in [0.1, 0.15) is 0 Å². The largest absolute Gasteiger partial charge is 0.481 e. The van der Waals surface area contributed by atoms with Crippen LogP contribution in [0.5, 0.6) is 0 Å². The van der Waals surface area contributed by atoms with Gasteiger partial charge in [0.25, 0.3) is 0 Å². The molecule has 0 spiro atoms. The molecule has 1 atom stereocenters. The lowest BCUT2D eigenvalue weighted by molar-refractivity contribution is -0.138. The predicted molar refractivity (Wildman–Crippen MR) is 77.5 cm³/mol. The van der Waals surface area contributed by atoms with Gasteiger partial charge >= 0.3 is 12.0 Å². The molecule has 0 aromatic rings. The Morgan fingerprint density at radius 2 is 1.95 bits per heavy atom. The number of carbonyl (C=O) groups is 2. The number of nitrogens with one attached hydrogen (secondary N) is 1. The Hall–Kier alpha value is -0.910. The van der Waals surface area contributed by atoms with Gasteiger partial charge in [-0.2, -0.15) is 11.8 Å². The second-order valence-electron chi connectivity index (χ2n) is 5.38. The molecule has 1 saturated heterocycles. The van der Waals surface area contributed by atoms with Crippen LogP contribution in [0.1, 0.15) is 26.7 Å². The topological polar surface area (TPSA) is 69.6 Å². The van der Waals surface area contributed by atoms with Crippen LogP contribution in [0.15, 0.2) is 0 Å². The van der Waals surface area contributed by atoms with Gasteiger partial charge in [-0.15, -0.1) is 0 Å². The highest BCUT2D eigenvalue weighted by atomic mass is 32.2. The molecule has 1 rings (SSSR count). The number of carbonyl (C=O) groups excluding carboxylic acids is 1. The molecule has 19 heavy (non-hydrogen) atoms. The van der Waals surface area contributed by atoms with Gasteiger partial charge in [0, 0.05) is 37.6 Å². The first-order chi connectivity index (χ1) is 8.99. The van der Waals surface area contributed by atoms with Crippen molar-refractivity contribution in [2.45, 2.75) is 26.7 Å². The zero-order valence-electron chi connectivity index (χ0n) is 11.7. The van der Waals surface area contributed by atoms with Gasteiger partial charge in [0.15, 0.2) is 0 Å². The Labute approximate surface area is 119 Å². The van der Waals surface area contributed by atoms with Gasteiger partial charge in [-0.25, -0.2) is 4.79 Å². The number of nitrogens with zero attached hydrogens (tertiary/aromatic N) is 1. The van der Waals surface area contributed by atoms with E-state index < -0.39 is 5.97 Å². The summed E-state index contributed by atoms with van der Waals surface area (Å²) in [6, 6.07) is -0.0561. The van der Waals surface area contributed by atoms with E-state index in [9.17, 15) is 9.59 Å². The maximum atomic E-state index is 11.9. The third kappa shape index (κ3) is 6.71. The number of hydrogen-bond acceptors (Lipinski definition) is 3. The van der Waals surface area contributed by atoms with E-state index in [-0.39, 0.29) is 18.4 Å². The first kappa shape index (κ1) is 16.1. The number of urea groups is 1. The molecule has 1 aliphatic heterocycles. The number of amides is 2. The fraction of sp³-hybridized carbons (Fsp3) is 0.846. The average molecular weight is 288 g/mol. The molecule has 0 bridgehead atoms. The molecule has 0 aromatic heterocycles. The summed E-state index contributed by atoms with van der Waals surface area (Å²) in [5.41, 5.74) is 0. The Balaban J connectivity index is 2.36. The molecule has 6 heteroatoms. The Kier molecular flexibility index (Phi) is 7.05. The van der Waals surface area contributed by atoms with E-state index in [4.69, 9.17) is 5.11 Å². The van der Waals surface area contributed by atoms with Gasteiger partial charge < -0.3 is 15.3 Å². The van der Waals surface area contributed by atoms with Crippen molar-refractivity contribution in [3.8, 4) is 0 Å². The smallest absolute Gasteiger partial charge is 0.317 e. The van der Waals surface area contributed by atoms with Crippen LogP contribution in [0, 0.1) is 11.8 Å². The van der Waals surface area contributed by atoms with E-state index in [2.05, 4.69) is 19.2 Å². The zero-order chi connectivity index (χ0) is 14.3. The van der Waals surface area contributed by atoms with Crippen molar-refractivity contribution in [2.24, 2.45) is 11.8 Å². The van der Waals surface area contributed by atoms with Crippen molar-refractivity contribution in [1.29, 1.82) is 0 Å². The predicted octanol–water partition coefficient (Wildman–Crippen LogP) is 1.88. The molecule has 110 valence electrons. The van der Waals surface area contributed by atoms with E-state index >= 15 is 0 Å². The minimum atomic E-state index is -0.797. The third-order valence-corrected chi connectivity index (χ3v) is 4.05. The van der Waals surface area contributed by atoms with Crippen LogP contribution in [0.4, 0.5) is 4.79 Å². The summed E-state index contributed by atoms with van der Waals surface area (Å²) in [5.74, 6) is 1.62. The van der Waals surface area contributed by atoms with Crippen molar-refractivity contribution in [3.05, 3.63) is 0 Å². The van der Waals surface area contributed by atoms with Gasteiger partial charge in [0.05, 0.1) is 0 Å². The van der Waals surface area contributed by atoms with Crippen molar-refractivity contribution in [2.75, 3.05) is 31.1 Å². The number of rotatable bonds is 6. The number of thioether (sulfide) groups is 1. The van der Waals surface area contributed by atoms with Gasteiger partial charge in [-0.05, 0) is 18.3 Å². The van der Waals surface area contributed by atoms with Crippen LogP contribution >= 0.6 is 11.8 Å². The molecular formula is C13H24N2O3S. The van der Waals surface area contributed by atoms with Gasteiger partial charge in [-0.1, -0.05) is 13.8 Å². The highest BCUT2D eigenvalue weighted by Crippen LogP contribution is 2.15. The van der Waals surface area contributed by atoms with Crippen molar-refractivity contribution in [3.63, 3.8) is 0 Å². The fourth-order valence-electron chi connectivity index (χ4n) is 2.26. The standard InChI is InChI=1S/C13H24N2O3S/c1-10(2)7-11(8-12(16)17)9-14-13(18)15-3-5-19-6-4-15/h10-11H,3-9H2,1-2H3,(H,14,18)(H,16,17)/t11-/m0/s1. The zero-order valence-corrected chi connectivity index (χ0v) is 12.5. The Morgan fingerprint density at radius 3 is 2.47 bits per heavy atom. The van der Waals surface area contributed by atoms with Crippen LogP contribution < -0.4 is 5.32 Å². The number of carboxylic acid groups (broad SMARTS) is 1. The lowest BCUT2D eigenvalue weighted by Gasteiger charge is -2.27. The monoisotopic (exact) mass is 288 g/mol. The van der Waals surface area contributed by atoms with Crippen LogP contribution in [0.2, 0.25) is 0 Å². The molecule has 1 heterocycles. The SMILES string of the molecule is CC(C)C[C@H](CNC(=O)N1CCSCC1)CC(=O)O. The highest BCUT2D eigenvalue weighted by Gasteiger charge is 2.19. The van der Waals surface area contributed by atoms with Crippen molar-refractivity contribution >= 4 is 23.8 Å². The van der Waals surface area contributed by atoms with Crippen molar-refractivity contribution < 1.29 is 14.7 Å². The second-order valence-corrected chi connectivity index (χ2v) is 6.60. The van der Waals surface area contributed by atoms with Crippen LogP contribution in [-0.2, 0) is 4.79 Å². The normalized spacial score (nSPS) is 17.3. The van der Waals surface area contributed by atoms with Crippen molar-refractivity contribution in [1.82, 2.24) is 10.2 Å². The van der Waals surface area contributed by atoms with E-state index in [1.54, 1.807) is 0 Å². The Morgan fingerprint density at radius 1 is 1.32 bits per heavy atom. The minimum absolute atomic E-state index is 0.0145. The molecule has 1 fully saturated rings.